The van der Waals surface area contributed by atoms with Crippen LogP contribution in [-0.2, 0) is 36.7 Å². The van der Waals surface area contributed by atoms with Crippen molar-refractivity contribution in [2.45, 2.75) is 57.5 Å². The van der Waals surface area contributed by atoms with Crippen LogP contribution in [0.3, 0.4) is 0 Å². The number of nitrogens with zero attached hydrogens (tertiary/aromatic N) is 4. The molecule has 1 aromatic heterocycles. The summed E-state index contributed by atoms with van der Waals surface area (Å²) in [5.41, 5.74) is 4.58. The normalized spacial score (nSPS) is 24.1. The van der Waals surface area contributed by atoms with E-state index in [1.165, 1.54) is 5.57 Å². The molecule has 0 spiro atoms. The van der Waals surface area contributed by atoms with Crippen LogP contribution in [-0.4, -0.2) is 59.2 Å². The molecular weight excluding hydrogens is 520 g/mol. The average molecular weight is 553 g/mol. The first-order chi connectivity index (χ1) is 19.0. The Kier molecular flexibility index (Phi) is 8.60. The number of tetrazole rings is 1. The van der Waals surface area contributed by atoms with Crippen molar-refractivity contribution in [2.24, 2.45) is 5.92 Å². The molecule has 2 aromatic rings. The summed E-state index contributed by atoms with van der Waals surface area (Å²) in [6.45, 7) is 2.55. The van der Waals surface area contributed by atoms with Crippen molar-refractivity contribution in [1.82, 2.24) is 20.2 Å². The van der Waals surface area contributed by atoms with Crippen LogP contribution in [0.15, 0.2) is 59.9 Å². The van der Waals surface area contributed by atoms with Gasteiger partial charge in [-0.3, -0.25) is 4.79 Å². The summed E-state index contributed by atoms with van der Waals surface area (Å²) in [7, 11) is 3.34. The van der Waals surface area contributed by atoms with E-state index in [-0.39, 0.29) is 36.6 Å². The fourth-order valence-electron chi connectivity index (χ4n) is 5.65. The second-order valence-electron chi connectivity index (χ2n) is 9.63. The van der Waals surface area contributed by atoms with Crippen molar-refractivity contribution in [3.63, 3.8) is 0 Å². The van der Waals surface area contributed by atoms with Gasteiger partial charge in [0.05, 0.1) is 25.9 Å². The number of carbonyl (C=O) groups is 1. The monoisotopic (exact) mass is 552 g/mol. The number of ether oxygens (including phenoxy) is 4. The molecule has 2 heterocycles. The zero-order valence-corrected chi connectivity index (χ0v) is 23.1. The van der Waals surface area contributed by atoms with E-state index < -0.39 is 0 Å². The Morgan fingerprint density at radius 3 is 2.95 bits per heavy atom. The molecule has 9 nitrogen and oxygen atoms in total. The molecule has 0 amide bonds. The van der Waals surface area contributed by atoms with Gasteiger partial charge >= 0.3 is 5.97 Å². The molecule has 1 aromatic carbocycles. The summed E-state index contributed by atoms with van der Waals surface area (Å²) in [4.78, 5) is 12.1. The topological polar surface area (TPSA) is 97.6 Å². The van der Waals surface area contributed by atoms with Crippen LogP contribution in [0, 0.1) is 5.92 Å². The lowest BCUT2D eigenvalue weighted by Crippen LogP contribution is -2.34. The molecule has 0 bridgehead atoms. The van der Waals surface area contributed by atoms with E-state index in [0.717, 1.165) is 35.3 Å². The molecule has 2 aliphatic carbocycles. The lowest BCUT2D eigenvalue weighted by molar-refractivity contribution is -0.142. The van der Waals surface area contributed by atoms with Gasteiger partial charge in [-0.1, -0.05) is 42.0 Å². The molecule has 0 saturated heterocycles. The van der Waals surface area contributed by atoms with E-state index >= 15 is 0 Å². The quantitative estimate of drug-likeness (QED) is 0.409. The minimum absolute atomic E-state index is 0.0152. The molecule has 206 valence electrons. The number of esters is 1. The third kappa shape index (κ3) is 5.71. The highest BCUT2D eigenvalue weighted by Crippen LogP contribution is 2.47. The molecule has 10 heteroatoms. The number of benzene rings is 1. The molecule has 0 fully saturated rings. The fourth-order valence-corrected chi connectivity index (χ4v) is 5.83. The minimum Gasteiger partial charge on any atom is -0.498 e. The number of rotatable bonds is 9. The van der Waals surface area contributed by atoms with Gasteiger partial charge in [0.1, 0.15) is 18.3 Å². The zero-order valence-electron chi connectivity index (χ0n) is 22.4. The van der Waals surface area contributed by atoms with Crippen LogP contribution in [0.1, 0.15) is 49.2 Å². The van der Waals surface area contributed by atoms with Gasteiger partial charge in [-0.2, -0.15) is 0 Å². The van der Waals surface area contributed by atoms with Crippen LogP contribution in [0.2, 0.25) is 5.02 Å². The first-order valence-electron chi connectivity index (χ1n) is 13.2. The van der Waals surface area contributed by atoms with Gasteiger partial charge in [-0.25, -0.2) is 4.68 Å². The largest absolute Gasteiger partial charge is 0.498 e. The Bertz CT molecular complexity index is 1330. The van der Waals surface area contributed by atoms with Crippen molar-refractivity contribution >= 4 is 23.1 Å². The summed E-state index contributed by atoms with van der Waals surface area (Å²) in [6.07, 6.45) is 11.9. The van der Waals surface area contributed by atoms with Crippen LogP contribution < -0.4 is 0 Å². The first kappa shape index (κ1) is 27.3. The predicted octanol–water partition coefficient (Wildman–Crippen LogP) is 4.80. The Morgan fingerprint density at radius 1 is 1.28 bits per heavy atom. The fraction of sp³-hybridized carbons (Fsp3) is 0.448. The van der Waals surface area contributed by atoms with Crippen LogP contribution in [0.4, 0.5) is 0 Å². The highest BCUT2D eigenvalue weighted by Gasteiger charge is 2.40. The molecule has 5 rings (SSSR count). The predicted molar refractivity (Wildman–Crippen MR) is 146 cm³/mol. The highest BCUT2D eigenvalue weighted by atomic mass is 35.5. The summed E-state index contributed by atoms with van der Waals surface area (Å²) in [5, 5.41) is 12.6. The Hall–Kier alpha value is -3.27. The Labute approximate surface area is 233 Å². The third-order valence-electron chi connectivity index (χ3n) is 7.39. The number of halogens is 1. The van der Waals surface area contributed by atoms with Gasteiger partial charge in [-0.15, -0.1) is 5.10 Å². The third-order valence-corrected chi connectivity index (χ3v) is 7.62. The number of hydrogen-bond acceptors (Lipinski definition) is 8. The molecule has 39 heavy (non-hydrogen) atoms. The van der Waals surface area contributed by atoms with E-state index in [9.17, 15) is 4.79 Å². The SMILES string of the molecule is CCOC(=O)Cc1nnnn1CC[C@H]1O[C@H](C2C=CC=C(OC)C2OC)c2cc(Cl)ccc2C2=C1C=CCC2. The van der Waals surface area contributed by atoms with Crippen LogP contribution in [0.25, 0.3) is 5.57 Å². The Balaban J connectivity index is 1.50. The van der Waals surface area contributed by atoms with Gasteiger partial charge in [0.15, 0.2) is 5.82 Å². The van der Waals surface area contributed by atoms with Crippen LogP contribution >= 0.6 is 11.6 Å². The lowest BCUT2D eigenvalue weighted by atomic mass is 9.82. The van der Waals surface area contributed by atoms with Crippen molar-refractivity contribution in [3.05, 3.63) is 81.9 Å². The molecule has 0 N–H and O–H groups in total. The maximum Gasteiger partial charge on any atom is 0.313 e. The number of aryl methyl sites for hydroxylation is 1. The molecule has 3 aliphatic rings. The van der Waals surface area contributed by atoms with E-state index in [1.54, 1.807) is 25.8 Å². The molecule has 0 radical (unpaired) electrons. The van der Waals surface area contributed by atoms with Gasteiger partial charge in [0, 0.05) is 24.6 Å². The van der Waals surface area contributed by atoms with E-state index in [0.29, 0.717) is 30.4 Å². The first-order valence-corrected chi connectivity index (χ1v) is 13.6. The molecule has 1 aliphatic heterocycles. The number of fused-ring (bicyclic) bond motifs is 2. The van der Waals surface area contributed by atoms with E-state index in [4.69, 9.17) is 30.5 Å². The molecule has 4 atom stereocenters. The second-order valence-corrected chi connectivity index (χ2v) is 10.1. The van der Waals surface area contributed by atoms with Gasteiger partial charge < -0.3 is 18.9 Å². The number of methoxy groups -OCH3 is 2. The van der Waals surface area contributed by atoms with Gasteiger partial charge in [-0.05, 0) is 77.1 Å². The van der Waals surface area contributed by atoms with E-state index in [2.05, 4.69) is 39.8 Å². The summed E-state index contributed by atoms with van der Waals surface area (Å²) < 4.78 is 25.4. The second kappa shape index (κ2) is 12.3. The number of hydrogen-bond donors (Lipinski definition) is 0. The summed E-state index contributed by atoms with van der Waals surface area (Å²) in [6, 6.07) is 6.05. The minimum atomic E-state index is -0.358. The highest BCUT2D eigenvalue weighted by molar-refractivity contribution is 6.30. The number of carbonyl (C=O) groups excluding carboxylic acids is 1. The number of aromatic nitrogens is 4. The van der Waals surface area contributed by atoms with Crippen LogP contribution in [0.5, 0.6) is 0 Å². The standard InChI is InChI=1S/C29H33ClN4O5/c1-4-38-27(35)17-26-31-32-33-34(26)15-14-24-21-9-6-5-8-19(21)20-13-12-18(30)16-23(20)28(39-24)22-10-7-11-25(36-2)29(22)37-3/h6-7,9-13,16,22,24,28-29H,4-5,8,14-15,17H2,1-3H3/t22?,24-,28-,29?/m1/s1. The smallest absolute Gasteiger partial charge is 0.313 e. The molecular formula is C29H33ClN4O5. The maximum absolute atomic E-state index is 12.1. The van der Waals surface area contributed by atoms with Crippen molar-refractivity contribution in [1.29, 1.82) is 0 Å². The number of allylic oxidation sites excluding steroid dienone is 4. The average Bonchev–Trinajstić information content (AvgIpc) is 3.34. The summed E-state index contributed by atoms with van der Waals surface area (Å²) >= 11 is 6.55. The van der Waals surface area contributed by atoms with Crippen molar-refractivity contribution < 1.29 is 23.7 Å². The van der Waals surface area contributed by atoms with Gasteiger partial charge in [0.2, 0.25) is 0 Å². The Morgan fingerprint density at radius 2 is 2.15 bits per heavy atom. The molecule has 2 unspecified atom stereocenters. The van der Waals surface area contributed by atoms with Crippen molar-refractivity contribution in [2.75, 3.05) is 20.8 Å². The van der Waals surface area contributed by atoms with Crippen molar-refractivity contribution in [3.8, 4) is 0 Å². The zero-order chi connectivity index (χ0) is 27.4. The lowest BCUT2D eigenvalue weighted by Gasteiger charge is -2.35. The molecule has 0 saturated carbocycles. The van der Waals surface area contributed by atoms with E-state index in [1.807, 2.05) is 24.3 Å². The van der Waals surface area contributed by atoms with Gasteiger partial charge in [0.25, 0.3) is 0 Å². The summed E-state index contributed by atoms with van der Waals surface area (Å²) in [5.74, 6) is 0.704. The maximum atomic E-state index is 12.1.